The van der Waals surface area contributed by atoms with Crippen LogP contribution in [0.15, 0.2) is 48.5 Å². The van der Waals surface area contributed by atoms with E-state index in [9.17, 15) is 15.2 Å². The van der Waals surface area contributed by atoms with Gasteiger partial charge >= 0.3 is 5.97 Å². The van der Waals surface area contributed by atoms with Crippen molar-refractivity contribution in [1.82, 2.24) is 9.55 Å². The molecule has 0 radical (unpaired) electrons. The summed E-state index contributed by atoms with van der Waals surface area (Å²) < 4.78 is 1.70. The van der Waals surface area contributed by atoms with E-state index in [1.807, 2.05) is 36.4 Å². The molecule has 0 atom stereocenters. The highest BCUT2D eigenvalue weighted by atomic mass is 35.5. The normalized spacial score (nSPS) is 13.4. The molecule has 0 aliphatic heterocycles. The highest BCUT2D eigenvalue weighted by molar-refractivity contribution is 6.32. The van der Waals surface area contributed by atoms with Crippen molar-refractivity contribution in [2.24, 2.45) is 0 Å². The van der Waals surface area contributed by atoms with E-state index in [1.165, 1.54) is 24.0 Å². The van der Waals surface area contributed by atoms with Gasteiger partial charge in [-0.2, -0.15) is 5.26 Å². The van der Waals surface area contributed by atoms with Crippen LogP contribution in [-0.4, -0.2) is 20.6 Å². The number of carboxylic acids is 1. The van der Waals surface area contributed by atoms with Gasteiger partial charge in [0, 0.05) is 18.5 Å². The van der Waals surface area contributed by atoms with Crippen LogP contribution in [0.3, 0.4) is 0 Å². The number of nitriles is 1. The molecule has 0 saturated carbocycles. The zero-order valence-electron chi connectivity index (χ0n) is 19.4. The Hall–Kier alpha value is -3.36. The fourth-order valence-electron chi connectivity index (χ4n) is 4.52. The van der Waals surface area contributed by atoms with Crippen LogP contribution in [0, 0.1) is 11.3 Å². The lowest BCUT2D eigenvalue weighted by Gasteiger charge is -2.15. The number of benzene rings is 2. The van der Waals surface area contributed by atoms with E-state index in [0.717, 1.165) is 42.4 Å². The van der Waals surface area contributed by atoms with Gasteiger partial charge in [0.15, 0.2) is 10.8 Å². The maximum atomic E-state index is 11.8. The fourth-order valence-corrected chi connectivity index (χ4v) is 4.80. The largest absolute Gasteiger partial charge is 0.476 e. The molecule has 0 fully saturated rings. The molecule has 0 bridgehead atoms. The van der Waals surface area contributed by atoms with Gasteiger partial charge in [0.25, 0.3) is 0 Å². The second kappa shape index (κ2) is 10.7. The number of rotatable bonds is 8. The Bertz CT molecular complexity index is 1270. The molecule has 1 aliphatic rings. The maximum Gasteiger partial charge on any atom is 0.355 e. The predicted octanol–water partition coefficient (Wildman–Crippen LogP) is 7.12. The van der Waals surface area contributed by atoms with E-state index in [-0.39, 0.29) is 10.8 Å². The number of aromatic nitrogens is 2. The van der Waals surface area contributed by atoms with Crippen molar-refractivity contribution in [3.63, 3.8) is 0 Å². The third-order valence-electron chi connectivity index (χ3n) is 6.37. The van der Waals surface area contributed by atoms with Crippen LogP contribution in [0.2, 0.25) is 5.15 Å². The zero-order chi connectivity index (χ0) is 24.1. The maximum absolute atomic E-state index is 11.8. The second-order valence-electron chi connectivity index (χ2n) is 8.71. The quantitative estimate of drug-likeness (QED) is 0.377. The summed E-state index contributed by atoms with van der Waals surface area (Å²) in [7, 11) is 0. The van der Waals surface area contributed by atoms with Crippen molar-refractivity contribution in [2.75, 3.05) is 0 Å². The molecule has 174 valence electrons. The lowest BCUT2D eigenvalue weighted by molar-refractivity contribution is 0.0685. The summed E-state index contributed by atoms with van der Waals surface area (Å²) in [5.41, 5.74) is 6.03. The molecule has 1 aliphatic carbocycles. The van der Waals surface area contributed by atoms with E-state index >= 15 is 0 Å². The molecule has 0 saturated heterocycles. The molecule has 4 rings (SSSR count). The van der Waals surface area contributed by atoms with E-state index in [1.54, 1.807) is 4.57 Å². The minimum atomic E-state index is -1.08. The molecule has 34 heavy (non-hydrogen) atoms. The highest BCUT2D eigenvalue weighted by Crippen LogP contribution is 2.32. The van der Waals surface area contributed by atoms with Crippen molar-refractivity contribution in [2.45, 2.75) is 58.4 Å². The summed E-state index contributed by atoms with van der Waals surface area (Å²) >= 11 is 6.16. The van der Waals surface area contributed by atoms with Gasteiger partial charge in [-0.25, -0.2) is 9.78 Å². The van der Waals surface area contributed by atoms with Crippen LogP contribution < -0.4 is 0 Å². The molecular formula is C28H28ClN3O2. The molecule has 2 aromatic carbocycles. The molecule has 0 spiro atoms. The van der Waals surface area contributed by atoms with Gasteiger partial charge in [-0.05, 0) is 66.5 Å². The van der Waals surface area contributed by atoms with Crippen LogP contribution >= 0.6 is 11.6 Å². The number of carboxylic acid groups (broad SMARTS) is 1. The number of hydrogen-bond acceptors (Lipinski definition) is 3. The summed E-state index contributed by atoms with van der Waals surface area (Å²) in [6.45, 7) is 2.46. The number of nitrogens with zero attached hydrogens (tertiary/aromatic N) is 3. The topological polar surface area (TPSA) is 78.9 Å². The highest BCUT2D eigenvalue weighted by Gasteiger charge is 2.21. The van der Waals surface area contributed by atoms with E-state index in [2.05, 4.69) is 30.1 Å². The van der Waals surface area contributed by atoms with Crippen molar-refractivity contribution in [3.05, 3.63) is 81.9 Å². The average Bonchev–Trinajstić information content (AvgIpc) is 3.18. The van der Waals surface area contributed by atoms with Crippen molar-refractivity contribution >= 4 is 23.1 Å². The van der Waals surface area contributed by atoms with Crippen LogP contribution in [0.25, 0.3) is 16.7 Å². The molecular weight excluding hydrogens is 446 g/mol. The first-order chi connectivity index (χ1) is 16.5. The Kier molecular flexibility index (Phi) is 7.49. The van der Waals surface area contributed by atoms with E-state index in [0.29, 0.717) is 24.4 Å². The van der Waals surface area contributed by atoms with E-state index in [4.69, 9.17) is 11.6 Å². The predicted molar refractivity (Wildman–Crippen MR) is 135 cm³/mol. The van der Waals surface area contributed by atoms with Crippen LogP contribution in [-0.2, 0) is 13.0 Å². The van der Waals surface area contributed by atoms with Gasteiger partial charge in [-0.1, -0.05) is 61.4 Å². The number of aryl methyl sites for hydroxylation is 1. The van der Waals surface area contributed by atoms with Crippen LogP contribution in [0.4, 0.5) is 0 Å². The molecule has 3 aromatic rings. The number of hydrogen-bond donors (Lipinski definition) is 1. The molecule has 1 heterocycles. The van der Waals surface area contributed by atoms with Gasteiger partial charge in [-0.3, -0.25) is 0 Å². The molecule has 0 amide bonds. The first-order valence-corrected chi connectivity index (χ1v) is 12.2. The third kappa shape index (κ3) is 5.08. The molecule has 0 unspecified atom stereocenters. The summed E-state index contributed by atoms with van der Waals surface area (Å²) in [5.74, 6) is -0.391. The van der Waals surface area contributed by atoms with Crippen molar-refractivity contribution in [1.29, 1.82) is 5.26 Å². The Morgan fingerprint density at radius 2 is 1.94 bits per heavy atom. The number of unbranched alkanes of at least 4 members (excludes halogenated alkanes) is 1. The summed E-state index contributed by atoms with van der Waals surface area (Å²) in [6, 6.07) is 16.3. The van der Waals surface area contributed by atoms with Gasteiger partial charge in [0.2, 0.25) is 0 Å². The Morgan fingerprint density at radius 1 is 1.18 bits per heavy atom. The number of allylic oxidation sites excluding steroid dienone is 2. The standard InChI is InChI=1S/C28H28ClN3O2/c1-2-3-9-25-31-27(29)26(28(33)34)32(25)18-19-10-12-21(13-11-19)24-16-22(14-15-23(24)17-30)20-7-5-4-6-8-20/h7,10-16H,2-6,8-9,18H2,1H3,(H,33,34). The van der Waals surface area contributed by atoms with Crippen LogP contribution in [0.5, 0.6) is 0 Å². The number of aromatic carboxylic acids is 1. The lowest BCUT2D eigenvalue weighted by atomic mass is 9.90. The minimum Gasteiger partial charge on any atom is -0.476 e. The smallest absolute Gasteiger partial charge is 0.355 e. The molecule has 1 N–H and O–H groups in total. The van der Waals surface area contributed by atoms with Gasteiger partial charge in [-0.15, -0.1) is 0 Å². The van der Waals surface area contributed by atoms with Crippen molar-refractivity contribution in [3.8, 4) is 17.2 Å². The minimum absolute atomic E-state index is 0.0251. The first kappa shape index (κ1) is 23.8. The van der Waals surface area contributed by atoms with Crippen molar-refractivity contribution < 1.29 is 9.90 Å². The third-order valence-corrected chi connectivity index (χ3v) is 6.63. The average molecular weight is 474 g/mol. The van der Waals surface area contributed by atoms with E-state index < -0.39 is 5.97 Å². The molecule has 1 aromatic heterocycles. The lowest BCUT2D eigenvalue weighted by Crippen LogP contribution is -2.13. The van der Waals surface area contributed by atoms with Gasteiger partial charge in [0.1, 0.15) is 5.82 Å². The molecule has 6 heteroatoms. The summed E-state index contributed by atoms with van der Waals surface area (Å²) in [4.78, 5) is 16.1. The number of carbonyl (C=O) groups is 1. The molecule has 5 nitrogen and oxygen atoms in total. The zero-order valence-corrected chi connectivity index (χ0v) is 20.1. The Balaban J connectivity index is 1.64. The fraction of sp³-hybridized carbons (Fsp3) is 0.321. The first-order valence-electron chi connectivity index (χ1n) is 11.8. The number of halogens is 1. The summed E-state index contributed by atoms with van der Waals surface area (Å²) in [6.07, 6.45) is 9.50. The van der Waals surface area contributed by atoms with Gasteiger partial charge in [0.05, 0.1) is 11.6 Å². The van der Waals surface area contributed by atoms with Crippen LogP contribution in [0.1, 0.15) is 78.5 Å². The SMILES string of the molecule is CCCCc1nc(Cl)c(C(=O)O)n1Cc1ccc(-c2cc(C3=CCCCC3)ccc2C#N)cc1. The second-order valence-corrected chi connectivity index (χ2v) is 9.06. The number of imidazole rings is 1. The Morgan fingerprint density at radius 3 is 2.59 bits per heavy atom. The summed E-state index contributed by atoms with van der Waals surface area (Å²) in [5, 5.41) is 19.4. The monoisotopic (exact) mass is 473 g/mol. The Labute approximate surface area is 205 Å². The van der Waals surface area contributed by atoms with Gasteiger partial charge < -0.3 is 9.67 Å².